The van der Waals surface area contributed by atoms with Crippen LogP contribution in [0.25, 0.3) is 32.3 Å². The average Bonchev–Trinajstić information content (AvgIpc) is 3.52. The minimum absolute atomic E-state index is 0.0848. The van der Waals surface area contributed by atoms with Gasteiger partial charge in [-0.3, -0.25) is 4.79 Å². The van der Waals surface area contributed by atoms with Gasteiger partial charge in [0.2, 0.25) is 0 Å². The van der Waals surface area contributed by atoms with E-state index in [-0.39, 0.29) is 36.9 Å². The molecule has 1 aromatic heterocycles. The number of β-amino-alcohol motifs (C(OH)–C–C–N with tert-alkyl or cyclic N) is 1. The lowest BCUT2D eigenvalue weighted by molar-refractivity contribution is -0.136. The molecule has 2 N–H and O–H groups in total. The van der Waals surface area contributed by atoms with Crippen LogP contribution in [0.2, 0.25) is 0 Å². The first-order valence-corrected chi connectivity index (χ1v) is 12.6. The molecule has 8 heteroatoms. The zero-order valence-electron chi connectivity index (χ0n) is 20.2. The van der Waals surface area contributed by atoms with E-state index >= 15 is 0 Å². The number of rotatable bonds is 8. The average molecular weight is 512 g/mol. The largest absolute Gasteiger partial charge is 0.466 e. The fraction of sp³-hybridized carbons (Fsp3) is 0.138. The zero-order valence-corrected chi connectivity index (χ0v) is 21.0. The second kappa shape index (κ2) is 10.8. The molecule has 0 saturated heterocycles. The van der Waals surface area contributed by atoms with Crippen LogP contribution in [-0.2, 0) is 14.3 Å². The fourth-order valence-electron chi connectivity index (χ4n) is 4.24. The summed E-state index contributed by atoms with van der Waals surface area (Å²) in [5, 5.41) is 13.3. The van der Waals surface area contributed by atoms with Crippen molar-refractivity contribution in [1.29, 1.82) is 0 Å². The monoisotopic (exact) mass is 511 g/mol. The van der Waals surface area contributed by atoms with Crippen molar-refractivity contribution in [3.63, 3.8) is 0 Å². The van der Waals surface area contributed by atoms with Crippen molar-refractivity contribution in [3.8, 4) is 32.3 Å². The van der Waals surface area contributed by atoms with Gasteiger partial charge in [0.25, 0.3) is 5.91 Å². The van der Waals surface area contributed by atoms with Gasteiger partial charge < -0.3 is 20.1 Å². The molecule has 5 rings (SSSR count). The van der Waals surface area contributed by atoms with E-state index in [1.54, 1.807) is 11.3 Å². The summed E-state index contributed by atoms with van der Waals surface area (Å²) in [5.41, 5.74) is 4.95. The number of hydrogen-bond acceptors (Lipinski definition) is 7. The summed E-state index contributed by atoms with van der Waals surface area (Å²) in [4.78, 5) is 32.8. The van der Waals surface area contributed by atoms with Gasteiger partial charge in [-0.2, -0.15) is 0 Å². The van der Waals surface area contributed by atoms with Gasteiger partial charge in [0.05, 0.1) is 36.4 Å². The van der Waals surface area contributed by atoms with Crippen LogP contribution in [0, 0.1) is 0 Å². The Morgan fingerprint density at radius 2 is 1.68 bits per heavy atom. The molecule has 1 aliphatic rings. The van der Waals surface area contributed by atoms with Gasteiger partial charge in [-0.25, -0.2) is 9.78 Å². The van der Waals surface area contributed by atoms with E-state index in [0.717, 1.165) is 32.3 Å². The highest BCUT2D eigenvalue weighted by Gasteiger charge is 2.34. The van der Waals surface area contributed by atoms with E-state index in [9.17, 15) is 14.7 Å². The second-order valence-corrected chi connectivity index (χ2v) is 9.43. The van der Waals surface area contributed by atoms with Crippen LogP contribution in [0.5, 0.6) is 0 Å². The van der Waals surface area contributed by atoms with Crippen molar-refractivity contribution >= 4 is 28.9 Å². The summed E-state index contributed by atoms with van der Waals surface area (Å²) >= 11 is 1.60. The molecule has 0 atom stereocenters. The maximum Gasteiger partial charge on any atom is 0.337 e. The molecule has 0 radical (unpaired) electrons. The number of esters is 1. The van der Waals surface area contributed by atoms with Gasteiger partial charge in [-0.1, -0.05) is 72.8 Å². The minimum Gasteiger partial charge on any atom is -0.466 e. The summed E-state index contributed by atoms with van der Waals surface area (Å²) in [6, 6.07) is 27.8. The molecule has 2 heterocycles. The smallest absolute Gasteiger partial charge is 0.337 e. The molecular formula is C29H25N3O4S. The third-order valence-electron chi connectivity index (χ3n) is 6.04. The molecule has 0 bridgehead atoms. The van der Waals surface area contributed by atoms with Crippen molar-refractivity contribution < 1.29 is 19.4 Å². The van der Waals surface area contributed by atoms with Gasteiger partial charge >= 0.3 is 5.97 Å². The maximum absolute atomic E-state index is 12.9. The van der Waals surface area contributed by atoms with Crippen LogP contribution in [-0.4, -0.2) is 53.7 Å². The summed E-state index contributed by atoms with van der Waals surface area (Å²) in [6.07, 6.45) is 0. The number of nitrogens with zero attached hydrogens (tertiary/aromatic N) is 2. The zero-order chi connectivity index (χ0) is 25.8. The topological polar surface area (TPSA) is 91.8 Å². The highest BCUT2D eigenvalue weighted by molar-refractivity contribution is 7.19. The van der Waals surface area contributed by atoms with Crippen LogP contribution < -0.4 is 5.32 Å². The summed E-state index contributed by atoms with van der Waals surface area (Å²) in [7, 11) is 1.28. The maximum atomic E-state index is 12.9. The van der Waals surface area contributed by atoms with Gasteiger partial charge in [0.15, 0.2) is 0 Å². The number of benzene rings is 3. The summed E-state index contributed by atoms with van der Waals surface area (Å²) in [6.45, 7) is 0.0239. The molecule has 0 spiro atoms. The lowest BCUT2D eigenvalue weighted by Crippen LogP contribution is -2.31. The highest BCUT2D eigenvalue weighted by Crippen LogP contribution is 2.41. The Bertz CT molecular complexity index is 1410. The number of aromatic nitrogens is 1. The molecule has 7 nitrogen and oxygen atoms in total. The van der Waals surface area contributed by atoms with Crippen LogP contribution in [0.15, 0.2) is 96.2 Å². The summed E-state index contributed by atoms with van der Waals surface area (Å²) < 4.78 is 4.88. The van der Waals surface area contributed by atoms with Gasteiger partial charge in [-0.15, -0.1) is 11.3 Å². The van der Waals surface area contributed by atoms with Crippen LogP contribution in [0.1, 0.15) is 0 Å². The molecule has 4 aromatic rings. The van der Waals surface area contributed by atoms with E-state index in [4.69, 9.17) is 9.72 Å². The first kappa shape index (κ1) is 24.4. The number of aliphatic hydroxyl groups is 1. The Kier molecular flexibility index (Phi) is 7.11. The third kappa shape index (κ3) is 5.02. The number of nitrogens with one attached hydrogen (secondary N) is 1. The standard InChI is InChI=1S/C29H25N3O4S/c1-36-29(35)23-18-32(15-16-33)28(34)25(23)30-22-14-8-13-21(17-22)27-31-24(19-9-4-2-5-10-19)26(37-27)20-11-6-3-7-12-20/h2-14,17,30,33H,15-16,18H2,1H3. The lowest BCUT2D eigenvalue weighted by atomic mass is 10.1. The molecule has 186 valence electrons. The van der Waals surface area contributed by atoms with Crippen molar-refractivity contribution in [3.05, 3.63) is 96.2 Å². The number of carbonyl (C=O) groups is 2. The molecule has 0 fully saturated rings. The Morgan fingerprint density at radius 3 is 2.35 bits per heavy atom. The number of hydrogen-bond donors (Lipinski definition) is 2. The van der Waals surface area contributed by atoms with Crippen LogP contribution in [0.4, 0.5) is 5.69 Å². The van der Waals surface area contributed by atoms with Crippen LogP contribution >= 0.6 is 11.3 Å². The second-order valence-electron chi connectivity index (χ2n) is 8.43. The number of methoxy groups -OCH3 is 1. The molecule has 0 unspecified atom stereocenters. The number of aliphatic hydroxyl groups excluding tert-OH is 1. The number of amides is 1. The Labute approximate surface area is 218 Å². The number of carbonyl (C=O) groups excluding carboxylic acids is 2. The van der Waals surface area contributed by atoms with E-state index < -0.39 is 5.97 Å². The lowest BCUT2D eigenvalue weighted by Gasteiger charge is -2.15. The summed E-state index contributed by atoms with van der Waals surface area (Å²) in [5.74, 6) is -0.931. The van der Waals surface area contributed by atoms with Crippen LogP contribution in [0.3, 0.4) is 0 Å². The van der Waals surface area contributed by atoms with Crippen molar-refractivity contribution in [2.24, 2.45) is 0 Å². The quantitative estimate of drug-likeness (QED) is 0.330. The predicted molar refractivity (Wildman–Crippen MR) is 145 cm³/mol. The number of ether oxygens (including phenoxy) is 1. The molecule has 0 aliphatic carbocycles. The molecule has 3 aromatic carbocycles. The first-order chi connectivity index (χ1) is 18.1. The van der Waals surface area contributed by atoms with Gasteiger partial charge in [-0.05, 0) is 17.7 Å². The van der Waals surface area contributed by atoms with E-state index in [2.05, 4.69) is 17.4 Å². The Hall–Kier alpha value is -4.27. The van der Waals surface area contributed by atoms with Gasteiger partial charge in [0, 0.05) is 23.4 Å². The SMILES string of the molecule is COC(=O)C1=C(Nc2cccc(-c3nc(-c4ccccc4)c(-c4ccccc4)s3)c2)C(=O)N(CCO)C1. The van der Waals surface area contributed by atoms with Crippen molar-refractivity contribution in [2.75, 3.05) is 32.1 Å². The molecular weight excluding hydrogens is 486 g/mol. The van der Waals surface area contributed by atoms with E-state index in [0.29, 0.717) is 5.69 Å². The van der Waals surface area contributed by atoms with E-state index in [1.807, 2.05) is 72.8 Å². The Morgan fingerprint density at radius 1 is 1.00 bits per heavy atom. The minimum atomic E-state index is -0.577. The predicted octanol–water partition coefficient (Wildman–Crippen LogP) is 4.82. The van der Waals surface area contributed by atoms with Crippen molar-refractivity contribution in [2.45, 2.75) is 0 Å². The highest BCUT2D eigenvalue weighted by atomic mass is 32.1. The number of thiazole rings is 1. The molecule has 37 heavy (non-hydrogen) atoms. The van der Waals surface area contributed by atoms with E-state index in [1.165, 1.54) is 12.0 Å². The molecule has 0 saturated carbocycles. The molecule has 1 aliphatic heterocycles. The third-order valence-corrected chi connectivity index (χ3v) is 7.20. The normalized spacial score (nSPS) is 13.2. The first-order valence-electron chi connectivity index (χ1n) is 11.8. The van der Waals surface area contributed by atoms with Crippen molar-refractivity contribution in [1.82, 2.24) is 9.88 Å². The number of anilines is 1. The fourth-order valence-corrected chi connectivity index (χ4v) is 5.33. The Balaban J connectivity index is 1.52. The van der Waals surface area contributed by atoms with Gasteiger partial charge in [0.1, 0.15) is 10.7 Å². The molecule has 1 amide bonds.